The summed E-state index contributed by atoms with van der Waals surface area (Å²) in [5, 5.41) is 11.0. The fourth-order valence-electron chi connectivity index (χ4n) is 1.65. The molecule has 0 aliphatic carbocycles. The lowest BCUT2D eigenvalue weighted by Crippen LogP contribution is -2.17. The number of benzene rings is 1. The normalized spacial score (nSPS) is 10.7. The van der Waals surface area contributed by atoms with Crippen LogP contribution < -0.4 is 10.2 Å². The Morgan fingerprint density at radius 2 is 2.11 bits per heavy atom. The van der Waals surface area contributed by atoms with E-state index in [1.54, 1.807) is 30.1 Å². The van der Waals surface area contributed by atoms with E-state index in [-0.39, 0.29) is 5.82 Å². The van der Waals surface area contributed by atoms with Crippen molar-refractivity contribution in [2.45, 2.75) is 20.0 Å². The molecule has 0 aliphatic heterocycles. The second-order valence-electron chi connectivity index (χ2n) is 4.21. The molecule has 1 heterocycles. The monoisotopic (exact) mass is 264 g/mol. The van der Waals surface area contributed by atoms with Gasteiger partial charge < -0.3 is 14.6 Å². The van der Waals surface area contributed by atoms with Crippen LogP contribution in [0.5, 0.6) is 0 Å². The first-order valence-electron chi connectivity index (χ1n) is 6.18. The minimum atomic E-state index is -0.235. The number of anilines is 1. The van der Waals surface area contributed by atoms with E-state index in [0.717, 1.165) is 6.54 Å². The topological polar surface area (TPSA) is 54.2 Å². The van der Waals surface area contributed by atoms with Gasteiger partial charge in [0.1, 0.15) is 5.82 Å². The smallest absolute Gasteiger partial charge is 0.318 e. The van der Waals surface area contributed by atoms with Crippen LogP contribution in [0.3, 0.4) is 0 Å². The van der Waals surface area contributed by atoms with Crippen LogP contribution in [0.15, 0.2) is 28.7 Å². The van der Waals surface area contributed by atoms with Gasteiger partial charge in [0.15, 0.2) is 0 Å². The molecule has 0 saturated heterocycles. The minimum Gasteiger partial charge on any atom is -0.407 e. The molecule has 2 rings (SSSR count). The number of hydrogen-bond acceptors (Lipinski definition) is 5. The van der Waals surface area contributed by atoms with Crippen LogP contribution in [0.1, 0.15) is 18.4 Å². The summed E-state index contributed by atoms with van der Waals surface area (Å²) in [5.74, 6) is 0.291. The van der Waals surface area contributed by atoms with Crippen molar-refractivity contribution in [3.8, 4) is 0 Å². The Kier molecular flexibility index (Phi) is 4.46. The lowest BCUT2D eigenvalue weighted by atomic mass is 10.2. The Hall–Kier alpha value is -1.95. The molecule has 5 nitrogen and oxygen atoms in total. The van der Waals surface area contributed by atoms with Crippen molar-refractivity contribution in [2.24, 2.45) is 0 Å². The van der Waals surface area contributed by atoms with Gasteiger partial charge in [-0.05, 0) is 12.6 Å². The van der Waals surface area contributed by atoms with E-state index in [9.17, 15) is 4.39 Å². The first-order chi connectivity index (χ1) is 9.20. The molecule has 102 valence electrons. The second kappa shape index (κ2) is 6.29. The fraction of sp³-hybridized carbons (Fsp3) is 0.385. The highest BCUT2D eigenvalue weighted by Crippen LogP contribution is 2.15. The number of nitrogens with zero attached hydrogens (tertiary/aromatic N) is 3. The summed E-state index contributed by atoms with van der Waals surface area (Å²) in [4.78, 5) is 1.72. The molecule has 1 aromatic carbocycles. The summed E-state index contributed by atoms with van der Waals surface area (Å²) in [6, 6.07) is 7.03. The van der Waals surface area contributed by atoms with Crippen molar-refractivity contribution in [3.63, 3.8) is 0 Å². The van der Waals surface area contributed by atoms with Crippen molar-refractivity contribution in [1.82, 2.24) is 15.5 Å². The summed E-state index contributed by atoms with van der Waals surface area (Å²) in [6.07, 6.45) is 0. The van der Waals surface area contributed by atoms with E-state index in [2.05, 4.69) is 15.5 Å². The molecular weight excluding hydrogens is 247 g/mol. The van der Waals surface area contributed by atoms with Gasteiger partial charge in [0.25, 0.3) is 0 Å². The maximum Gasteiger partial charge on any atom is 0.318 e. The number of halogens is 1. The van der Waals surface area contributed by atoms with E-state index < -0.39 is 0 Å². The highest BCUT2D eigenvalue weighted by molar-refractivity contribution is 5.27. The number of aromatic nitrogens is 2. The molecule has 0 spiro atoms. The Bertz CT molecular complexity index is 529. The quantitative estimate of drug-likeness (QED) is 0.864. The van der Waals surface area contributed by atoms with Gasteiger partial charge in [0.05, 0.1) is 6.54 Å². The summed E-state index contributed by atoms with van der Waals surface area (Å²) in [5.41, 5.74) is 0.594. The maximum absolute atomic E-state index is 13.5. The van der Waals surface area contributed by atoms with Gasteiger partial charge >= 0.3 is 6.01 Å². The van der Waals surface area contributed by atoms with Gasteiger partial charge in [-0.3, -0.25) is 0 Å². The number of nitrogens with one attached hydrogen (secondary N) is 1. The van der Waals surface area contributed by atoms with Crippen LogP contribution in [-0.2, 0) is 13.1 Å². The summed E-state index contributed by atoms with van der Waals surface area (Å²) in [7, 11) is 1.79. The molecule has 0 unspecified atom stereocenters. The van der Waals surface area contributed by atoms with Gasteiger partial charge in [-0.1, -0.05) is 30.2 Å². The lowest BCUT2D eigenvalue weighted by molar-refractivity contribution is 0.468. The highest BCUT2D eigenvalue weighted by atomic mass is 19.1. The molecule has 6 heteroatoms. The maximum atomic E-state index is 13.5. The molecule has 1 aromatic heterocycles. The third kappa shape index (κ3) is 3.51. The predicted octanol–water partition coefficient (Wildman–Crippen LogP) is 1.95. The van der Waals surface area contributed by atoms with Crippen molar-refractivity contribution in [2.75, 3.05) is 18.5 Å². The first kappa shape index (κ1) is 13.5. The van der Waals surface area contributed by atoms with Crippen LogP contribution in [0.25, 0.3) is 0 Å². The third-order valence-electron chi connectivity index (χ3n) is 2.67. The first-order valence-corrected chi connectivity index (χ1v) is 6.18. The van der Waals surface area contributed by atoms with Gasteiger partial charge in [-0.25, -0.2) is 4.39 Å². The molecule has 0 radical (unpaired) electrons. The van der Waals surface area contributed by atoms with Crippen LogP contribution in [0, 0.1) is 5.82 Å². The van der Waals surface area contributed by atoms with E-state index in [4.69, 9.17) is 4.42 Å². The molecule has 0 bridgehead atoms. The molecule has 0 saturated carbocycles. The third-order valence-corrected chi connectivity index (χ3v) is 2.67. The van der Waals surface area contributed by atoms with Gasteiger partial charge in [0.2, 0.25) is 5.89 Å². The second-order valence-corrected chi connectivity index (χ2v) is 4.21. The number of hydrogen-bond donors (Lipinski definition) is 1. The zero-order chi connectivity index (χ0) is 13.7. The molecule has 1 N–H and O–H groups in total. The van der Waals surface area contributed by atoms with E-state index in [0.29, 0.717) is 30.6 Å². The SMILES string of the molecule is CCNCc1nnc(N(C)Cc2ccccc2F)o1. The molecular formula is C13H17FN4O. The van der Waals surface area contributed by atoms with E-state index >= 15 is 0 Å². The summed E-state index contributed by atoms with van der Waals surface area (Å²) < 4.78 is 19.0. The average Bonchev–Trinajstić information content (AvgIpc) is 2.88. The molecule has 0 amide bonds. The van der Waals surface area contributed by atoms with Crippen LogP contribution in [-0.4, -0.2) is 23.8 Å². The van der Waals surface area contributed by atoms with Crippen molar-refractivity contribution in [3.05, 3.63) is 41.5 Å². The Morgan fingerprint density at radius 3 is 2.84 bits per heavy atom. The molecule has 0 aliphatic rings. The Morgan fingerprint density at radius 1 is 1.32 bits per heavy atom. The van der Waals surface area contributed by atoms with Gasteiger partial charge in [-0.15, -0.1) is 5.10 Å². The fourth-order valence-corrected chi connectivity index (χ4v) is 1.65. The molecule has 2 aromatic rings. The van der Waals surface area contributed by atoms with E-state index in [1.165, 1.54) is 6.07 Å². The Labute approximate surface area is 111 Å². The van der Waals surface area contributed by atoms with E-state index in [1.807, 2.05) is 6.92 Å². The molecule has 19 heavy (non-hydrogen) atoms. The van der Waals surface area contributed by atoms with Crippen LogP contribution >= 0.6 is 0 Å². The highest BCUT2D eigenvalue weighted by Gasteiger charge is 2.12. The largest absolute Gasteiger partial charge is 0.407 e. The zero-order valence-electron chi connectivity index (χ0n) is 11.1. The average molecular weight is 264 g/mol. The lowest BCUT2D eigenvalue weighted by Gasteiger charge is -2.14. The standard InChI is InChI=1S/C13H17FN4O/c1-3-15-8-12-16-17-13(19-12)18(2)9-10-6-4-5-7-11(10)14/h4-7,15H,3,8-9H2,1-2H3. The zero-order valence-corrected chi connectivity index (χ0v) is 11.1. The minimum absolute atomic E-state index is 0.235. The van der Waals surface area contributed by atoms with Crippen LogP contribution in [0.4, 0.5) is 10.4 Å². The summed E-state index contributed by atoms with van der Waals surface area (Å²) >= 11 is 0. The van der Waals surface area contributed by atoms with Gasteiger partial charge in [-0.2, -0.15) is 0 Å². The van der Waals surface area contributed by atoms with Gasteiger partial charge in [0, 0.05) is 19.2 Å². The van der Waals surface area contributed by atoms with Crippen molar-refractivity contribution < 1.29 is 8.81 Å². The Balaban J connectivity index is 2.01. The van der Waals surface area contributed by atoms with Crippen molar-refractivity contribution in [1.29, 1.82) is 0 Å². The molecule has 0 fully saturated rings. The molecule has 0 atom stereocenters. The van der Waals surface area contributed by atoms with Crippen molar-refractivity contribution >= 4 is 6.01 Å². The number of rotatable bonds is 6. The summed E-state index contributed by atoms with van der Waals surface area (Å²) in [6.45, 7) is 3.76. The van der Waals surface area contributed by atoms with Crippen LogP contribution in [0.2, 0.25) is 0 Å². The predicted molar refractivity (Wildman–Crippen MR) is 70.2 cm³/mol.